The molecule has 5 nitrogen and oxygen atoms in total. The van der Waals surface area contributed by atoms with Crippen molar-refractivity contribution in [2.24, 2.45) is 0 Å². The van der Waals surface area contributed by atoms with E-state index < -0.39 is 5.97 Å². The van der Waals surface area contributed by atoms with Crippen LogP contribution in [0.2, 0.25) is 0 Å². The number of benzene rings is 1. The number of carboxylic acid groups (broad SMARTS) is 1. The van der Waals surface area contributed by atoms with E-state index in [1.54, 1.807) is 25.3 Å². The summed E-state index contributed by atoms with van der Waals surface area (Å²) < 4.78 is 10.3. The molecule has 196 valence electrons. The van der Waals surface area contributed by atoms with Crippen LogP contribution >= 0.6 is 15.9 Å². The van der Waals surface area contributed by atoms with Crippen LogP contribution in [0.15, 0.2) is 53.1 Å². The number of aliphatic hydroxyl groups is 1. The van der Waals surface area contributed by atoms with E-state index in [1.807, 2.05) is 13.8 Å². The summed E-state index contributed by atoms with van der Waals surface area (Å²) in [7, 11) is 1.56. The quantitative estimate of drug-likeness (QED) is 0.126. The van der Waals surface area contributed by atoms with Gasteiger partial charge in [-0.05, 0) is 103 Å². The molecule has 0 unspecified atom stereocenters. The van der Waals surface area contributed by atoms with Gasteiger partial charge >= 0.3 is 5.97 Å². The fourth-order valence-corrected chi connectivity index (χ4v) is 3.75. The second kappa shape index (κ2) is 16.0. The first-order valence-corrected chi connectivity index (χ1v) is 13.0. The lowest BCUT2D eigenvalue weighted by Gasteiger charge is -2.23. The zero-order valence-corrected chi connectivity index (χ0v) is 23.8. The van der Waals surface area contributed by atoms with Crippen molar-refractivity contribution in [3.63, 3.8) is 0 Å². The summed E-state index contributed by atoms with van der Waals surface area (Å²) in [6.07, 6.45) is 12.6. The summed E-state index contributed by atoms with van der Waals surface area (Å²) in [5.41, 5.74) is 5.06. The number of hydrogen-bond acceptors (Lipinski definition) is 4. The van der Waals surface area contributed by atoms with E-state index >= 15 is 0 Å². The number of methoxy groups -OCH3 is 1. The van der Waals surface area contributed by atoms with E-state index in [0.717, 1.165) is 44.1 Å². The van der Waals surface area contributed by atoms with Gasteiger partial charge in [0.05, 0.1) is 11.7 Å². The highest BCUT2D eigenvalue weighted by Gasteiger charge is 2.23. The smallest absolute Gasteiger partial charge is 0.335 e. The van der Waals surface area contributed by atoms with Crippen molar-refractivity contribution in [3.8, 4) is 5.75 Å². The number of carboxylic acids is 1. The molecule has 6 heteroatoms. The minimum atomic E-state index is -0.948. The first-order chi connectivity index (χ1) is 16.4. The van der Waals surface area contributed by atoms with Crippen molar-refractivity contribution >= 4 is 21.9 Å². The van der Waals surface area contributed by atoms with E-state index in [0.29, 0.717) is 12.2 Å². The van der Waals surface area contributed by atoms with E-state index in [4.69, 9.17) is 9.47 Å². The Bertz CT molecular complexity index is 893. The fourth-order valence-electron chi connectivity index (χ4n) is 3.53. The Kier molecular flexibility index (Phi) is 14.2. The summed E-state index contributed by atoms with van der Waals surface area (Å²) in [6.45, 7) is 10.5. The Morgan fingerprint density at radius 3 is 2.14 bits per heavy atom. The number of carbonyl (C=O) groups is 1. The van der Waals surface area contributed by atoms with E-state index in [9.17, 15) is 15.0 Å². The van der Waals surface area contributed by atoms with Crippen LogP contribution in [0.3, 0.4) is 0 Å². The molecule has 0 radical (unpaired) electrons. The zero-order valence-electron chi connectivity index (χ0n) is 22.2. The third kappa shape index (κ3) is 13.1. The number of halogens is 1. The zero-order chi connectivity index (χ0) is 26.4. The molecule has 0 saturated heterocycles. The number of ether oxygens (including phenoxy) is 2. The molecule has 2 N–H and O–H groups in total. The van der Waals surface area contributed by atoms with Gasteiger partial charge in [-0.25, -0.2) is 4.79 Å². The van der Waals surface area contributed by atoms with Gasteiger partial charge in [0, 0.05) is 11.4 Å². The van der Waals surface area contributed by atoms with Crippen molar-refractivity contribution in [3.05, 3.63) is 64.3 Å². The Balaban J connectivity index is 2.53. The fraction of sp³-hybridized carbons (Fsp3) is 0.552. The molecular formula is C29H43BrO5. The first-order valence-electron chi connectivity index (χ1n) is 12.3. The Hall–Kier alpha value is -1.89. The van der Waals surface area contributed by atoms with Gasteiger partial charge in [0.2, 0.25) is 0 Å². The molecule has 0 heterocycles. The summed E-state index contributed by atoms with van der Waals surface area (Å²) in [4.78, 5) is 11.3. The Morgan fingerprint density at radius 1 is 1.03 bits per heavy atom. The Morgan fingerprint density at radius 2 is 1.60 bits per heavy atom. The van der Waals surface area contributed by atoms with Crippen LogP contribution in [0.1, 0.15) is 89.1 Å². The van der Waals surface area contributed by atoms with Crippen molar-refractivity contribution in [2.45, 2.75) is 90.0 Å². The standard InChI is InChI=1S/C29H43BrO5/c1-21(10-8-12-23(3)14-18-27(31)29(4,5)30)9-7-11-22(2)13-15-24-19-25(28(32)33)16-17-26(24)35-20-34-6/h9,12-13,16-17,19,27,31H,7-8,10-11,14-15,18,20H2,1-6H3,(H,32,33)/b21-9+,22-13+,23-12+/t27-/m0/s1. The maximum atomic E-state index is 11.3. The van der Waals surface area contributed by atoms with Gasteiger partial charge in [-0.1, -0.05) is 50.9 Å². The molecular weight excluding hydrogens is 508 g/mol. The molecule has 1 atom stereocenters. The number of hydrogen-bond donors (Lipinski definition) is 2. The highest BCUT2D eigenvalue weighted by atomic mass is 79.9. The van der Waals surface area contributed by atoms with Gasteiger partial charge < -0.3 is 19.7 Å². The van der Waals surface area contributed by atoms with E-state index in [2.05, 4.69) is 54.9 Å². The second-order valence-electron chi connectivity index (χ2n) is 9.73. The summed E-state index contributed by atoms with van der Waals surface area (Å²) in [5, 5.41) is 19.4. The number of alkyl halides is 1. The van der Waals surface area contributed by atoms with Gasteiger partial charge in [-0.15, -0.1) is 0 Å². The Labute approximate surface area is 220 Å². The molecule has 0 aromatic heterocycles. The lowest BCUT2D eigenvalue weighted by atomic mass is 9.99. The van der Waals surface area contributed by atoms with Crippen LogP contribution in [0.5, 0.6) is 5.75 Å². The van der Waals surface area contributed by atoms with Gasteiger partial charge in [-0.3, -0.25) is 0 Å². The summed E-state index contributed by atoms with van der Waals surface area (Å²) in [5.74, 6) is -0.304. The maximum Gasteiger partial charge on any atom is 0.335 e. The average molecular weight is 552 g/mol. The van der Waals surface area contributed by atoms with Crippen LogP contribution in [0, 0.1) is 0 Å². The largest absolute Gasteiger partial charge is 0.478 e. The summed E-state index contributed by atoms with van der Waals surface area (Å²) >= 11 is 3.53. The number of aliphatic hydroxyl groups excluding tert-OH is 1. The van der Waals surface area contributed by atoms with Crippen LogP contribution in [-0.2, 0) is 11.2 Å². The van der Waals surface area contributed by atoms with Gasteiger partial charge in [-0.2, -0.15) is 0 Å². The number of rotatable bonds is 16. The molecule has 0 amide bonds. The topological polar surface area (TPSA) is 76.0 Å². The van der Waals surface area contributed by atoms with Crippen molar-refractivity contribution in [2.75, 3.05) is 13.9 Å². The average Bonchev–Trinajstić information content (AvgIpc) is 2.79. The monoisotopic (exact) mass is 550 g/mol. The minimum Gasteiger partial charge on any atom is -0.478 e. The third-order valence-electron chi connectivity index (χ3n) is 5.98. The van der Waals surface area contributed by atoms with Crippen LogP contribution in [0.25, 0.3) is 0 Å². The second-order valence-corrected chi connectivity index (χ2v) is 11.8. The van der Waals surface area contributed by atoms with Gasteiger partial charge in [0.25, 0.3) is 0 Å². The molecule has 0 aliphatic carbocycles. The molecule has 0 aliphatic heterocycles. The first kappa shape index (κ1) is 31.1. The molecule has 0 saturated carbocycles. The van der Waals surface area contributed by atoms with Crippen LogP contribution in [-0.4, -0.2) is 40.5 Å². The lowest BCUT2D eigenvalue weighted by Crippen LogP contribution is -2.29. The molecule has 0 fully saturated rings. The molecule has 1 aromatic rings. The van der Waals surface area contributed by atoms with E-state index in [-0.39, 0.29) is 22.8 Å². The van der Waals surface area contributed by atoms with Crippen LogP contribution < -0.4 is 4.74 Å². The van der Waals surface area contributed by atoms with Crippen molar-refractivity contribution in [1.82, 2.24) is 0 Å². The SMILES string of the molecule is COCOc1ccc(C(=O)O)cc1C/C=C(\C)CC/C=C(\C)CC/C=C(\C)CC[C@H](O)C(C)(C)Br. The predicted molar refractivity (Wildman–Crippen MR) is 148 cm³/mol. The van der Waals surface area contributed by atoms with Gasteiger partial charge in [0.15, 0.2) is 6.79 Å². The van der Waals surface area contributed by atoms with Gasteiger partial charge in [0.1, 0.15) is 5.75 Å². The highest BCUT2D eigenvalue weighted by molar-refractivity contribution is 9.10. The lowest BCUT2D eigenvalue weighted by molar-refractivity contribution is 0.0505. The number of aromatic carboxylic acids is 1. The highest BCUT2D eigenvalue weighted by Crippen LogP contribution is 2.25. The normalized spacial score (nSPS) is 14.2. The molecule has 0 aliphatic rings. The maximum absolute atomic E-state index is 11.3. The van der Waals surface area contributed by atoms with E-state index in [1.165, 1.54) is 16.7 Å². The third-order valence-corrected chi connectivity index (χ3v) is 6.51. The number of allylic oxidation sites excluding steroid dienone is 6. The molecule has 0 spiro atoms. The molecule has 35 heavy (non-hydrogen) atoms. The molecule has 1 aromatic carbocycles. The van der Waals surface area contributed by atoms with Crippen LogP contribution in [0.4, 0.5) is 0 Å². The van der Waals surface area contributed by atoms with Crippen molar-refractivity contribution < 1.29 is 24.5 Å². The molecule has 1 rings (SSSR count). The predicted octanol–water partition coefficient (Wildman–Crippen LogP) is 7.62. The minimum absolute atomic E-state index is 0.123. The molecule has 0 bridgehead atoms. The van der Waals surface area contributed by atoms with Crippen molar-refractivity contribution in [1.29, 1.82) is 0 Å². The summed E-state index contributed by atoms with van der Waals surface area (Å²) in [6, 6.07) is 4.90.